The van der Waals surface area contributed by atoms with Gasteiger partial charge in [0.1, 0.15) is 0 Å². The molecule has 142 valence electrons. The molecular weight excluding hydrogens is 535 g/mol. The van der Waals surface area contributed by atoms with Crippen molar-refractivity contribution >= 4 is 39.2 Å². The Morgan fingerprint density at radius 2 is 1.11 bits per heavy atom. The zero-order valence-corrected chi connectivity index (χ0v) is 20.2. The summed E-state index contributed by atoms with van der Waals surface area (Å²) in [6.45, 7) is 8.31. The molecule has 0 spiro atoms. The van der Waals surface area contributed by atoms with Gasteiger partial charge in [-0.05, 0) is 59.1 Å². The van der Waals surface area contributed by atoms with Crippen molar-refractivity contribution in [3.8, 4) is 0 Å². The number of carbonyl (C=O) groups is 2. The van der Waals surface area contributed by atoms with E-state index < -0.39 is 11.9 Å². The maximum absolute atomic E-state index is 10.6. The van der Waals surface area contributed by atoms with Gasteiger partial charge in [0.25, 0.3) is 0 Å². The summed E-state index contributed by atoms with van der Waals surface area (Å²) in [6, 6.07) is 13.9. The van der Waals surface area contributed by atoms with Gasteiger partial charge in [-0.3, -0.25) is 0 Å². The molecule has 0 saturated heterocycles. The van der Waals surface area contributed by atoms with Crippen LogP contribution in [0.2, 0.25) is 0 Å². The van der Waals surface area contributed by atoms with Crippen molar-refractivity contribution in [2.75, 3.05) is 0 Å². The molecule has 4 nitrogen and oxygen atoms in total. The van der Waals surface area contributed by atoms with Crippen LogP contribution in [0, 0.1) is 0 Å². The van der Waals surface area contributed by atoms with Gasteiger partial charge in [-0.2, -0.15) is 0 Å². The molecule has 27 heavy (non-hydrogen) atoms. The van der Waals surface area contributed by atoms with Gasteiger partial charge < -0.3 is 19.8 Å². The monoisotopic (exact) mass is 562 g/mol. The first kappa shape index (κ1) is 25.3. The Labute approximate surface area is 181 Å². The number of rotatable bonds is 6. The van der Waals surface area contributed by atoms with Gasteiger partial charge in [0.15, 0.2) is 0 Å². The van der Waals surface area contributed by atoms with Gasteiger partial charge in [-0.15, -0.1) is 0 Å². The number of benzene rings is 2. The Kier molecular flexibility index (Phi) is 11.9. The topological polar surface area (TPSA) is 80.3 Å². The minimum Gasteiger partial charge on any atom is -0.545 e. The van der Waals surface area contributed by atoms with Gasteiger partial charge in [0.05, 0.1) is 11.9 Å². The zero-order chi connectivity index (χ0) is 19.7. The molecule has 0 N–H and O–H groups in total. The first-order chi connectivity index (χ1) is 12.3. The van der Waals surface area contributed by atoms with E-state index >= 15 is 0 Å². The van der Waals surface area contributed by atoms with Crippen LogP contribution in [-0.4, -0.2) is 39.2 Å². The quantitative estimate of drug-likeness (QED) is 0.508. The number of carboxylic acid groups (broad SMARTS) is 2. The van der Waals surface area contributed by atoms with Crippen LogP contribution in [0.5, 0.6) is 0 Å². The summed E-state index contributed by atoms with van der Waals surface area (Å²) < 4.78 is 0. The smallest absolute Gasteiger partial charge is 0.545 e. The van der Waals surface area contributed by atoms with E-state index in [2.05, 4.69) is 27.7 Å². The van der Waals surface area contributed by atoms with Gasteiger partial charge in [-0.1, -0.05) is 64.1 Å². The standard InChI is InChI=1S/2C11H14O2.Pb/c2*1-3-8(2)9-5-4-6-10(7-9)11(12)13;/h2*4-8H,3H2,1-2H3,(H,12,13);/q;;+2/p-2. The first-order valence-electron chi connectivity index (χ1n) is 8.92. The van der Waals surface area contributed by atoms with Gasteiger partial charge in [-0.25, -0.2) is 0 Å². The third-order valence-electron chi connectivity index (χ3n) is 4.61. The summed E-state index contributed by atoms with van der Waals surface area (Å²) >= 11 is 0. The molecule has 0 fully saturated rings. The normalized spacial score (nSPS) is 12.0. The van der Waals surface area contributed by atoms with Crippen LogP contribution in [0.3, 0.4) is 0 Å². The Morgan fingerprint density at radius 3 is 1.37 bits per heavy atom. The van der Waals surface area contributed by atoms with E-state index in [-0.39, 0.29) is 38.4 Å². The second-order valence-electron chi connectivity index (χ2n) is 6.44. The minimum atomic E-state index is -1.11. The van der Waals surface area contributed by atoms with Crippen LogP contribution in [0.25, 0.3) is 0 Å². The second kappa shape index (κ2) is 12.6. The molecular formula is C22H26O4Pb. The summed E-state index contributed by atoms with van der Waals surface area (Å²) in [7, 11) is 0. The number of hydrogen-bond donors (Lipinski definition) is 0. The molecule has 0 heterocycles. The third kappa shape index (κ3) is 8.24. The van der Waals surface area contributed by atoms with E-state index in [0.29, 0.717) is 11.8 Å². The number of aromatic carboxylic acids is 2. The molecule has 0 aromatic heterocycles. The van der Waals surface area contributed by atoms with Crippen molar-refractivity contribution in [3.05, 3.63) is 70.8 Å². The molecule has 0 saturated carbocycles. The fourth-order valence-corrected chi connectivity index (χ4v) is 2.42. The van der Waals surface area contributed by atoms with Gasteiger partial charge in [0, 0.05) is 0 Å². The molecule has 2 unspecified atom stereocenters. The molecule has 0 amide bonds. The summed E-state index contributed by atoms with van der Waals surface area (Å²) in [4.78, 5) is 21.1. The molecule has 0 aliphatic heterocycles. The van der Waals surface area contributed by atoms with E-state index in [0.717, 1.165) is 24.0 Å². The molecule has 0 aliphatic carbocycles. The van der Waals surface area contributed by atoms with Crippen LogP contribution >= 0.6 is 0 Å². The minimum absolute atomic E-state index is 0. The molecule has 2 radical (unpaired) electrons. The predicted octanol–water partition coefficient (Wildman–Crippen LogP) is 2.75. The van der Waals surface area contributed by atoms with E-state index in [1.165, 1.54) is 0 Å². The zero-order valence-electron chi connectivity index (χ0n) is 16.3. The van der Waals surface area contributed by atoms with Crippen molar-refractivity contribution < 1.29 is 19.8 Å². The Hall–Kier alpha value is -1.70. The molecule has 2 aromatic rings. The van der Waals surface area contributed by atoms with Crippen molar-refractivity contribution in [1.29, 1.82) is 0 Å². The van der Waals surface area contributed by atoms with E-state index in [1.807, 2.05) is 12.1 Å². The Bertz CT molecular complexity index is 679. The van der Waals surface area contributed by atoms with Gasteiger partial charge in [0.2, 0.25) is 0 Å². The average molecular weight is 562 g/mol. The van der Waals surface area contributed by atoms with Crippen LogP contribution in [0.1, 0.15) is 84.2 Å². The molecule has 0 bridgehead atoms. The summed E-state index contributed by atoms with van der Waals surface area (Å²) in [5, 5.41) is 21.1. The van der Waals surface area contributed by atoms with Gasteiger partial charge >= 0.3 is 27.3 Å². The number of hydrogen-bond acceptors (Lipinski definition) is 4. The fraction of sp³-hybridized carbons (Fsp3) is 0.364. The van der Waals surface area contributed by atoms with E-state index in [1.54, 1.807) is 36.4 Å². The SMILES string of the molecule is CCC(C)c1cccc(C(=O)[O-])c1.CCC(C)c1cccc(C(=O)[O-])c1.[Pb+2]. The second-order valence-corrected chi connectivity index (χ2v) is 6.44. The summed E-state index contributed by atoms with van der Waals surface area (Å²) in [5.41, 5.74) is 2.64. The average Bonchev–Trinajstić information content (AvgIpc) is 2.67. The van der Waals surface area contributed by atoms with Crippen molar-refractivity contribution in [1.82, 2.24) is 0 Å². The predicted molar refractivity (Wildman–Crippen MR) is 105 cm³/mol. The third-order valence-corrected chi connectivity index (χ3v) is 4.61. The first-order valence-corrected chi connectivity index (χ1v) is 8.92. The molecule has 5 heteroatoms. The van der Waals surface area contributed by atoms with Crippen molar-refractivity contribution in [2.24, 2.45) is 0 Å². The van der Waals surface area contributed by atoms with Crippen LogP contribution in [0.15, 0.2) is 48.5 Å². The van der Waals surface area contributed by atoms with Crippen LogP contribution in [-0.2, 0) is 0 Å². The number of carboxylic acids is 2. The number of carbonyl (C=O) groups excluding carboxylic acids is 2. The molecule has 2 atom stereocenters. The van der Waals surface area contributed by atoms with Crippen molar-refractivity contribution in [2.45, 2.75) is 52.4 Å². The molecule has 2 rings (SSSR count). The Balaban J connectivity index is 0.000000483. The van der Waals surface area contributed by atoms with Crippen LogP contribution in [0.4, 0.5) is 0 Å². The van der Waals surface area contributed by atoms with E-state index in [4.69, 9.17) is 0 Å². The summed E-state index contributed by atoms with van der Waals surface area (Å²) in [6.07, 6.45) is 2.02. The largest absolute Gasteiger partial charge is 2.00 e. The maximum atomic E-state index is 10.6. The fourth-order valence-electron chi connectivity index (χ4n) is 2.42. The van der Waals surface area contributed by atoms with Crippen molar-refractivity contribution in [3.63, 3.8) is 0 Å². The van der Waals surface area contributed by atoms with E-state index in [9.17, 15) is 19.8 Å². The summed E-state index contributed by atoms with van der Waals surface area (Å²) in [5.74, 6) is -1.41. The van der Waals surface area contributed by atoms with Crippen LogP contribution < -0.4 is 10.2 Å². The maximum Gasteiger partial charge on any atom is 2.00 e. The molecule has 0 aliphatic rings. The molecule has 2 aromatic carbocycles. The Morgan fingerprint density at radius 1 is 0.778 bits per heavy atom.